The number of nitrogens with zero attached hydrogens (tertiary/aromatic N) is 1. The molecule has 0 aliphatic rings. The molecule has 0 saturated heterocycles. The van der Waals surface area contributed by atoms with Gasteiger partial charge in [-0.25, -0.2) is 4.98 Å². The Morgan fingerprint density at radius 1 is 1.00 bits per heavy atom. The zero-order valence-electron chi connectivity index (χ0n) is 10.3. The Balaban J connectivity index is 1.88. The number of hydrogen-bond acceptors (Lipinski definition) is 3. The highest BCUT2D eigenvalue weighted by atomic mass is 16.1. The number of benzene rings is 2. The molecule has 0 aliphatic heterocycles. The molecule has 0 bridgehead atoms. The van der Waals surface area contributed by atoms with Crippen molar-refractivity contribution in [2.24, 2.45) is 0 Å². The van der Waals surface area contributed by atoms with Gasteiger partial charge in [0.1, 0.15) is 5.82 Å². The zero-order valence-corrected chi connectivity index (χ0v) is 10.3. The summed E-state index contributed by atoms with van der Waals surface area (Å²) in [6, 6.07) is 17.1. The van der Waals surface area contributed by atoms with Gasteiger partial charge in [0.05, 0.1) is 17.4 Å². The number of para-hydroxylation sites is 2. The number of rotatable bonds is 3. The van der Waals surface area contributed by atoms with Crippen molar-refractivity contribution in [3.8, 4) is 0 Å². The molecule has 4 nitrogen and oxygen atoms in total. The van der Waals surface area contributed by atoms with Gasteiger partial charge in [0.2, 0.25) is 0 Å². The molecule has 0 atom stereocenters. The fraction of sp³-hybridized carbons (Fsp3) is 0.0667. The highest BCUT2D eigenvalue weighted by Gasteiger charge is 2.02. The molecule has 0 amide bonds. The fourth-order valence-corrected chi connectivity index (χ4v) is 1.96. The molecular weight excluding hydrogens is 238 g/mol. The second kappa shape index (κ2) is 4.94. The van der Waals surface area contributed by atoms with Crippen molar-refractivity contribution < 1.29 is 0 Å². The van der Waals surface area contributed by atoms with Gasteiger partial charge in [0.25, 0.3) is 5.56 Å². The van der Waals surface area contributed by atoms with Gasteiger partial charge < -0.3 is 10.3 Å². The number of hydrogen-bond donors (Lipinski definition) is 2. The molecule has 1 aromatic heterocycles. The van der Waals surface area contributed by atoms with E-state index >= 15 is 0 Å². The van der Waals surface area contributed by atoms with E-state index in [2.05, 4.69) is 15.3 Å². The minimum Gasteiger partial charge on any atom is -0.378 e. The fourth-order valence-electron chi connectivity index (χ4n) is 1.96. The van der Waals surface area contributed by atoms with Crippen LogP contribution in [0.15, 0.2) is 59.4 Å². The van der Waals surface area contributed by atoms with E-state index in [4.69, 9.17) is 0 Å². The predicted molar refractivity (Wildman–Crippen MR) is 76.1 cm³/mol. The molecule has 3 aromatic rings. The first-order valence-electron chi connectivity index (χ1n) is 6.10. The van der Waals surface area contributed by atoms with Crippen LogP contribution in [0.5, 0.6) is 0 Å². The van der Waals surface area contributed by atoms with Crippen molar-refractivity contribution in [3.63, 3.8) is 0 Å². The number of fused-ring (bicyclic) bond motifs is 1. The van der Waals surface area contributed by atoms with E-state index in [1.54, 1.807) is 6.07 Å². The van der Waals surface area contributed by atoms with Crippen molar-refractivity contribution in [2.45, 2.75) is 6.54 Å². The molecule has 0 aliphatic carbocycles. The van der Waals surface area contributed by atoms with Crippen LogP contribution in [0.4, 0.5) is 5.69 Å². The minimum atomic E-state index is -0.101. The third-order valence-corrected chi connectivity index (χ3v) is 2.90. The second-order valence-electron chi connectivity index (χ2n) is 4.25. The SMILES string of the molecule is O=c1[nH]c(CNc2ccccc2)nc2ccccc12. The van der Waals surface area contributed by atoms with Crippen LogP contribution in [0, 0.1) is 0 Å². The van der Waals surface area contributed by atoms with Crippen molar-refractivity contribution >= 4 is 16.6 Å². The Hall–Kier alpha value is -2.62. The van der Waals surface area contributed by atoms with E-state index in [0.717, 1.165) is 11.2 Å². The van der Waals surface area contributed by atoms with Crippen LogP contribution in [0.3, 0.4) is 0 Å². The number of aromatic amines is 1. The highest BCUT2D eigenvalue weighted by molar-refractivity contribution is 5.77. The van der Waals surface area contributed by atoms with Gasteiger partial charge in [-0.15, -0.1) is 0 Å². The van der Waals surface area contributed by atoms with Gasteiger partial charge in [-0.3, -0.25) is 4.79 Å². The first-order chi connectivity index (χ1) is 9.33. The lowest BCUT2D eigenvalue weighted by atomic mass is 10.2. The van der Waals surface area contributed by atoms with Gasteiger partial charge in [0.15, 0.2) is 0 Å². The average Bonchev–Trinajstić information content (AvgIpc) is 2.46. The van der Waals surface area contributed by atoms with Crippen molar-refractivity contribution in [1.29, 1.82) is 0 Å². The van der Waals surface area contributed by atoms with Crippen molar-refractivity contribution in [1.82, 2.24) is 9.97 Å². The number of anilines is 1. The van der Waals surface area contributed by atoms with Crippen LogP contribution >= 0.6 is 0 Å². The van der Waals surface area contributed by atoms with Gasteiger partial charge in [-0.2, -0.15) is 0 Å². The Morgan fingerprint density at radius 3 is 2.58 bits per heavy atom. The van der Waals surface area contributed by atoms with Crippen LogP contribution in [-0.4, -0.2) is 9.97 Å². The summed E-state index contributed by atoms with van der Waals surface area (Å²) in [5.74, 6) is 0.632. The standard InChI is InChI=1S/C15H13N3O/c19-15-12-8-4-5-9-13(12)17-14(18-15)10-16-11-6-2-1-3-7-11/h1-9,16H,10H2,(H,17,18,19). The third kappa shape index (κ3) is 2.47. The van der Waals surface area contributed by atoms with Crippen LogP contribution in [0.2, 0.25) is 0 Å². The maximum absolute atomic E-state index is 11.9. The summed E-state index contributed by atoms with van der Waals surface area (Å²) in [7, 11) is 0. The Labute approximate surface area is 110 Å². The van der Waals surface area contributed by atoms with Crippen LogP contribution in [0.25, 0.3) is 10.9 Å². The quantitative estimate of drug-likeness (QED) is 0.752. The normalized spacial score (nSPS) is 10.5. The van der Waals surface area contributed by atoms with Crippen molar-refractivity contribution in [3.05, 3.63) is 70.8 Å². The first-order valence-corrected chi connectivity index (χ1v) is 6.10. The molecule has 0 unspecified atom stereocenters. The lowest BCUT2D eigenvalue weighted by Gasteiger charge is -2.06. The monoisotopic (exact) mass is 251 g/mol. The highest BCUT2D eigenvalue weighted by Crippen LogP contribution is 2.08. The molecule has 94 valence electrons. The maximum atomic E-state index is 11.9. The first kappa shape index (κ1) is 11.5. The second-order valence-corrected chi connectivity index (χ2v) is 4.25. The van der Waals surface area contributed by atoms with Crippen LogP contribution in [0.1, 0.15) is 5.82 Å². The van der Waals surface area contributed by atoms with Gasteiger partial charge in [-0.05, 0) is 24.3 Å². The Morgan fingerprint density at radius 2 is 1.74 bits per heavy atom. The summed E-state index contributed by atoms with van der Waals surface area (Å²) in [4.78, 5) is 19.1. The molecule has 1 heterocycles. The summed E-state index contributed by atoms with van der Waals surface area (Å²) in [5, 5.41) is 3.84. The maximum Gasteiger partial charge on any atom is 0.258 e. The van der Waals surface area contributed by atoms with E-state index < -0.39 is 0 Å². The van der Waals surface area contributed by atoms with Gasteiger partial charge in [0, 0.05) is 5.69 Å². The Bertz CT molecular complexity index is 750. The topological polar surface area (TPSA) is 57.8 Å². The Kier molecular flexibility index (Phi) is 2.98. The van der Waals surface area contributed by atoms with Gasteiger partial charge in [-0.1, -0.05) is 30.3 Å². The molecule has 0 spiro atoms. The summed E-state index contributed by atoms with van der Waals surface area (Å²) in [6.45, 7) is 0.490. The van der Waals surface area contributed by atoms with Crippen molar-refractivity contribution in [2.75, 3.05) is 5.32 Å². The van der Waals surface area contributed by atoms with E-state index in [0.29, 0.717) is 17.8 Å². The zero-order chi connectivity index (χ0) is 13.1. The summed E-state index contributed by atoms with van der Waals surface area (Å²) in [6.07, 6.45) is 0. The summed E-state index contributed by atoms with van der Waals surface area (Å²) >= 11 is 0. The van der Waals surface area contributed by atoms with Gasteiger partial charge >= 0.3 is 0 Å². The van der Waals surface area contributed by atoms with E-state index in [1.165, 1.54) is 0 Å². The van der Waals surface area contributed by atoms with E-state index in [1.807, 2.05) is 48.5 Å². The molecule has 0 fully saturated rings. The lowest BCUT2D eigenvalue weighted by molar-refractivity contribution is 0.953. The minimum absolute atomic E-state index is 0.101. The molecule has 2 N–H and O–H groups in total. The summed E-state index contributed by atoms with van der Waals surface area (Å²) in [5.41, 5.74) is 1.62. The smallest absolute Gasteiger partial charge is 0.258 e. The lowest BCUT2D eigenvalue weighted by Crippen LogP contribution is -2.14. The molecular formula is C15H13N3O. The molecule has 0 saturated carbocycles. The largest absolute Gasteiger partial charge is 0.378 e. The molecule has 0 radical (unpaired) electrons. The number of nitrogens with one attached hydrogen (secondary N) is 2. The molecule has 2 aromatic carbocycles. The molecule has 19 heavy (non-hydrogen) atoms. The number of aromatic nitrogens is 2. The molecule has 3 rings (SSSR count). The predicted octanol–water partition coefficient (Wildman–Crippen LogP) is 2.54. The summed E-state index contributed by atoms with van der Waals surface area (Å²) < 4.78 is 0. The number of H-pyrrole nitrogens is 1. The third-order valence-electron chi connectivity index (χ3n) is 2.90. The molecule has 4 heteroatoms. The van der Waals surface area contributed by atoms with E-state index in [-0.39, 0.29) is 5.56 Å². The van der Waals surface area contributed by atoms with E-state index in [9.17, 15) is 4.79 Å². The van der Waals surface area contributed by atoms with Crippen LogP contribution in [-0.2, 0) is 6.54 Å². The average molecular weight is 251 g/mol. The van der Waals surface area contributed by atoms with Crippen LogP contribution < -0.4 is 10.9 Å².